The van der Waals surface area contributed by atoms with Gasteiger partial charge in [0.15, 0.2) is 12.2 Å². The maximum atomic E-state index is 11.3. The summed E-state index contributed by atoms with van der Waals surface area (Å²) >= 11 is 0. The summed E-state index contributed by atoms with van der Waals surface area (Å²) in [5.74, 6) is -0.888. The van der Waals surface area contributed by atoms with Crippen LogP contribution in [0.1, 0.15) is 20.3 Å². The molecule has 0 radical (unpaired) electrons. The van der Waals surface area contributed by atoms with Crippen molar-refractivity contribution >= 4 is 23.1 Å². The van der Waals surface area contributed by atoms with Crippen molar-refractivity contribution in [2.75, 3.05) is 7.05 Å². The number of para-hydroxylation sites is 1. The Bertz CT molecular complexity index is 623. The number of aliphatic hydroxyl groups is 2. The van der Waals surface area contributed by atoms with Crippen LogP contribution >= 0.6 is 0 Å². The molecule has 1 aromatic rings. The number of carbonyl (C=O) groups is 1. The maximum absolute atomic E-state index is 11.3. The largest absolute Gasteiger partial charge is 0.480 e. The van der Waals surface area contributed by atoms with Crippen molar-refractivity contribution in [1.82, 2.24) is 0 Å². The molecule has 1 saturated carbocycles. The van der Waals surface area contributed by atoms with Gasteiger partial charge in [-0.3, -0.25) is 4.99 Å². The van der Waals surface area contributed by atoms with Crippen LogP contribution in [-0.2, 0) is 4.79 Å². The van der Waals surface area contributed by atoms with Gasteiger partial charge in [-0.1, -0.05) is 32.0 Å². The molecular formula is C17H23N2O4+. The zero-order chi connectivity index (χ0) is 17.1. The van der Waals surface area contributed by atoms with Crippen molar-refractivity contribution in [2.45, 2.75) is 38.5 Å². The van der Waals surface area contributed by atoms with Crippen LogP contribution in [-0.4, -0.2) is 62.6 Å². The summed E-state index contributed by atoms with van der Waals surface area (Å²) in [4.78, 5) is 15.4. The SMILES string of the molecule is CC(C)C[C@H](N=C1C(O)C(=[N+](C)c2ccccc2)C1O)C(=O)O. The van der Waals surface area contributed by atoms with E-state index in [9.17, 15) is 20.1 Å². The molecule has 2 rings (SSSR count). The van der Waals surface area contributed by atoms with Crippen LogP contribution < -0.4 is 0 Å². The summed E-state index contributed by atoms with van der Waals surface area (Å²) < 4.78 is 1.70. The van der Waals surface area contributed by atoms with Crippen LogP contribution in [0.5, 0.6) is 0 Å². The van der Waals surface area contributed by atoms with Gasteiger partial charge in [-0.15, -0.1) is 0 Å². The minimum absolute atomic E-state index is 0.121. The van der Waals surface area contributed by atoms with Crippen LogP contribution in [0.3, 0.4) is 0 Å². The van der Waals surface area contributed by atoms with Crippen molar-refractivity contribution in [3.05, 3.63) is 30.3 Å². The second kappa shape index (κ2) is 7.02. The number of aliphatic imine (C=N–C) groups is 1. The lowest BCUT2D eigenvalue weighted by Crippen LogP contribution is -2.60. The van der Waals surface area contributed by atoms with Crippen LogP contribution in [0.25, 0.3) is 0 Å². The van der Waals surface area contributed by atoms with E-state index >= 15 is 0 Å². The molecule has 23 heavy (non-hydrogen) atoms. The van der Waals surface area contributed by atoms with E-state index in [4.69, 9.17) is 0 Å². The zero-order valence-corrected chi connectivity index (χ0v) is 13.5. The van der Waals surface area contributed by atoms with Gasteiger partial charge in [-0.05, 0) is 12.3 Å². The van der Waals surface area contributed by atoms with Crippen molar-refractivity contribution in [1.29, 1.82) is 0 Å². The number of carboxylic acid groups (broad SMARTS) is 1. The number of rotatable bonds is 5. The summed E-state index contributed by atoms with van der Waals surface area (Å²) in [6.07, 6.45) is -1.74. The van der Waals surface area contributed by atoms with E-state index < -0.39 is 24.2 Å². The third-order valence-corrected chi connectivity index (χ3v) is 3.94. The van der Waals surface area contributed by atoms with E-state index in [0.29, 0.717) is 12.1 Å². The monoisotopic (exact) mass is 319 g/mol. The molecule has 6 heteroatoms. The number of aliphatic hydroxyl groups excluding tert-OH is 2. The first-order valence-electron chi connectivity index (χ1n) is 7.65. The minimum Gasteiger partial charge on any atom is -0.480 e. The molecule has 2 unspecified atom stereocenters. The van der Waals surface area contributed by atoms with E-state index in [1.54, 1.807) is 11.6 Å². The Hall–Kier alpha value is -2.05. The van der Waals surface area contributed by atoms with Crippen molar-refractivity contribution in [3.8, 4) is 0 Å². The van der Waals surface area contributed by atoms with Crippen LogP contribution in [0.4, 0.5) is 5.69 Å². The normalized spacial score (nSPS) is 21.8. The van der Waals surface area contributed by atoms with Gasteiger partial charge in [0.05, 0.1) is 5.71 Å². The predicted octanol–water partition coefficient (Wildman–Crippen LogP) is 1.08. The Morgan fingerprint density at radius 1 is 1.22 bits per heavy atom. The third-order valence-electron chi connectivity index (χ3n) is 3.94. The Morgan fingerprint density at radius 3 is 2.26 bits per heavy atom. The number of hydrogen-bond acceptors (Lipinski definition) is 4. The summed E-state index contributed by atoms with van der Waals surface area (Å²) in [5.41, 5.74) is 1.36. The number of hydrogen-bond donors (Lipinski definition) is 3. The quantitative estimate of drug-likeness (QED) is 0.708. The average molecular weight is 319 g/mol. The third kappa shape index (κ3) is 3.65. The van der Waals surface area contributed by atoms with Gasteiger partial charge < -0.3 is 15.3 Å². The lowest BCUT2D eigenvalue weighted by Gasteiger charge is -2.30. The Kier molecular flexibility index (Phi) is 5.28. The van der Waals surface area contributed by atoms with Gasteiger partial charge in [0, 0.05) is 12.1 Å². The fourth-order valence-electron chi connectivity index (χ4n) is 2.65. The molecule has 1 aromatic carbocycles. The van der Waals surface area contributed by atoms with Gasteiger partial charge in [-0.2, -0.15) is 4.58 Å². The molecule has 0 spiro atoms. The molecule has 1 aliphatic carbocycles. The Morgan fingerprint density at radius 2 is 1.78 bits per heavy atom. The predicted molar refractivity (Wildman–Crippen MR) is 87.6 cm³/mol. The minimum atomic E-state index is -1.05. The summed E-state index contributed by atoms with van der Waals surface area (Å²) in [6.45, 7) is 3.81. The maximum Gasteiger partial charge on any atom is 0.328 e. The van der Waals surface area contributed by atoms with E-state index in [-0.39, 0.29) is 11.6 Å². The summed E-state index contributed by atoms with van der Waals surface area (Å²) in [5, 5.41) is 29.8. The number of aliphatic carboxylic acids is 1. The van der Waals surface area contributed by atoms with Gasteiger partial charge in [0.1, 0.15) is 13.1 Å². The first-order valence-corrected chi connectivity index (χ1v) is 7.65. The highest BCUT2D eigenvalue weighted by atomic mass is 16.4. The molecule has 124 valence electrons. The molecule has 0 bridgehead atoms. The Balaban J connectivity index is 2.26. The first kappa shape index (κ1) is 17.3. The highest BCUT2D eigenvalue weighted by Gasteiger charge is 2.49. The summed E-state index contributed by atoms with van der Waals surface area (Å²) in [6, 6.07) is 8.38. The molecule has 0 saturated heterocycles. The van der Waals surface area contributed by atoms with Crippen LogP contribution in [0.2, 0.25) is 0 Å². The van der Waals surface area contributed by atoms with Gasteiger partial charge >= 0.3 is 5.97 Å². The molecule has 0 amide bonds. The standard InChI is InChI=1S/C17H22N2O4/c1-10(2)9-12(17(22)23)18-13-15(20)14(16(13)21)19(3)11-7-5-4-6-8-11/h4-8,10,12,15-16,20-21H,9H2,1-3H3/p+1/t12-,15?,16?/m0/s1. The van der Waals surface area contributed by atoms with E-state index in [0.717, 1.165) is 5.69 Å². The fourth-order valence-corrected chi connectivity index (χ4v) is 2.65. The van der Waals surface area contributed by atoms with Crippen molar-refractivity contribution < 1.29 is 24.7 Å². The Labute approximate surface area is 135 Å². The fraction of sp³-hybridized carbons (Fsp3) is 0.471. The smallest absolute Gasteiger partial charge is 0.328 e. The second-order valence-corrected chi connectivity index (χ2v) is 6.16. The van der Waals surface area contributed by atoms with Gasteiger partial charge in [0.2, 0.25) is 11.4 Å². The van der Waals surface area contributed by atoms with Gasteiger partial charge in [0.25, 0.3) is 0 Å². The van der Waals surface area contributed by atoms with Gasteiger partial charge in [-0.25, -0.2) is 4.79 Å². The van der Waals surface area contributed by atoms with E-state index in [1.165, 1.54) is 0 Å². The van der Waals surface area contributed by atoms with E-state index in [2.05, 4.69) is 4.99 Å². The average Bonchev–Trinajstić information content (AvgIpc) is 2.51. The lowest BCUT2D eigenvalue weighted by molar-refractivity contribution is -0.412. The number of carboxylic acids is 1. The van der Waals surface area contributed by atoms with Crippen molar-refractivity contribution in [3.63, 3.8) is 0 Å². The molecule has 0 aromatic heterocycles. The van der Waals surface area contributed by atoms with Crippen molar-refractivity contribution in [2.24, 2.45) is 10.9 Å². The molecule has 0 heterocycles. The molecule has 1 fully saturated rings. The summed E-state index contributed by atoms with van der Waals surface area (Å²) in [7, 11) is 1.75. The molecule has 3 N–H and O–H groups in total. The first-order chi connectivity index (χ1) is 10.8. The zero-order valence-electron chi connectivity index (χ0n) is 13.5. The molecule has 6 nitrogen and oxygen atoms in total. The molecule has 0 aliphatic heterocycles. The highest BCUT2D eigenvalue weighted by Crippen LogP contribution is 2.21. The van der Waals surface area contributed by atoms with E-state index in [1.807, 2.05) is 44.2 Å². The topological polar surface area (TPSA) is 93.1 Å². The molecule has 3 atom stereocenters. The molecular weight excluding hydrogens is 296 g/mol. The second-order valence-electron chi connectivity index (χ2n) is 6.16. The number of benzene rings is 1. The highest BCUT2D eigenvalue weighted by molar-refractivity contribution is 6.31. The van der Waals surface area contributed by atoms with Crippen LogP contribution in [0, 0.1) is 5.92 Å². The lowest BCUT2D eigenvalue weighted by atomic mass is 9.85. The number of nitrogens with zero attached hydrogens (tertiary/aromatic N) is 2. The van der Waals surface area contributed by atoms with Crippen LogP contribution in [0.15, 0.2) is 35.3 Å². The molecule has 1 aliphatic rings.